The minimum atomic E-state index is -0.653. The van der Waals surface area contributed by atoms with Gasteiger partial charge in [0, 0.05) is 24.2 Å². The third-order valence-electron chi connectivity index (χ3n) is 2.77. The topological polar surface area (TPSA) is 83.6 Å². The molecule has 1 atom stereocenters. The molecular formula is C14H18N2O4S. The fraction of sp³-hybridized carbons (Fsp3) is 0.357. The Morgan fingerprint density at radius 2 is 2.14 bits per heavy atom. The van der Waals surface area contributed by atoms with Crippen molar-refractivity contribution in [3.8, 4) is 11.5 Å². The summed E-state index contributed by atoms with van der Waals surface area (Å²) in [5.74, 6) is 1.23. The highest BCUT2D eigenvalue weighted by Crippen LogP contribution is 2.25. The van der Waals surface area contributed by atoms with Crippen molar-refractivity contribution in [1.82, 2.24) is 10.3 Å². The first kappa shape index (κ1) is 15.6. The van der Waals surface area contributed by atoms with E-state index < -0.39 is 6.10 Å². The van der Waals surface area contributed by atoms with Crippen molar-refractivity contribution in [3.05, 3.63) is 45.0 Å². The Hall–Kier alpha value is -1.83. The zero-order valence-corrected chi connectivity index (χ0v) is 12.5. The maximum absolute atomic E-state index is 11.0. The zero-order valence-electron chi connectivity index (χ0n) is 11.7. The third kappa shape index (κ3) is 4.89. The Labute approximate surface area is 126 Å². The smallest absolute Gasteiger partial charge is 0.304 e. The minimum absolute atomic E-state index is 0.0770. The zero-order chi connectivity index (χ0) is 15.1. The van der Waals surface area contributed by atoms with Crippen LogP contribution in [0.4, 0.5) is 0 Å². The molecule has 0 saturated heterocycles. The Morgan fingerprint density at radius 3 is 2.81 bits per heavy atom. The molecule has 21 heavy (non-hydrogen) atoms. The molecule has 0 fully saturated rings. The lowest BCUT2D eigenvalue weighted by Crippen LogP contribution is -2.31. The lowest BCUT2D eigenvalue weighted by Gasteiger charge is -2.14. The molecule has 7 heteroatoms. The Morgan fingerprint density at radius 1 is 1.38 bits per heavy atom. The Balaban J connectivity index is 1.72. The molecule has 114 valence electrons. The van der Waals surface area contributed by atoms with E-state index in [2.05, 4.69) is 10.3 Å². The minimum Gasteiger partial charge on any atom is -0.493 e. The van der Waals surface area contributed by atoms with Gasteiger partial charge in [0.2, 0.25) is 0 Å². The lowest BCUT2D eigenvalue weighted by atomic mass is 10.3. The second-order valence-corrected chi connectivity index (χ2v) is 5.26. The normalized spacial score (nSPS) is 12.1. The number of hydrogen-bond donors (Lipinski definition) is 3. The molecule has 1 aromatic heterocycles. The Kier molecular flexibility index (Phi) is 5.79. The first-order valence-corrected chi connectivity index (χ1v) is 7.38. The molecule has 0 aliphatic heterocycles. The molecule has 0 saturated carbocycles. The SMILES string of the molecule is COc1ccccc1OCC(O)CNCc1csc(=O)[nH]1. The van der Waals surface area contributed by atoms with Gasteiger partial charge in [0.1, 0.15) is 12.7 Å². The van der Waals surface area contributed by atoms with Gasteiger partial charge in [0.15, 0.2) is 11.5 Å². The number of ether oxygens (including phenoxy) is 2. The summed E-state index contributed by atoms with van der Waals surface area (Å²) in [6, 6.07) is 7.28. The number of hydrogen-bond acceptors (Lipinski definition) is 6. The Bertz CT molecular complexity index is 611. The van der Waals surface area contributed by atoms with Crippen LogP contribution in [0, 0.1) is 0 Å². The van der Waals surface area contributed by atoms with Gasteiger partial charge < -0.3 is 24.9 Å². The van der Waals surface area contributed by atoms with E-state index in [1.165, 1.54) is 0 Å². The summed E-state index contributed by atoms with van der Waals surface area (Å²) < 4.78 is 10.7. The van der Waals surface area contributed by atoms with Crippen LogP contribution in [0.2, 0.25) is 0 Å². The molecular weight excluding hydrogens is 292 g/mol. The number of aromatic nitrogens is 1. The van der Waals surface area contributed by atoms with Crippen LogP contribution in [0.3, 0.4) is 0 Å². The number of nitrogens with one attached hydrogen (secondary N) is 2. The maximum Gasteiger partial charge on any atom is 0.304 e. The van der Waals surface area contributed by atoms with E-state index in [-0.39, 0.29) is 11.5 Å². The molecule has 0 bridgehead atoms. The number of rotatable bonds is 8. The number of benzene rings is 1. The van der Waals surface area contributed by atoms with Gasteiger partial charge in [-0.3, -0.25) is 4.79 Å². The molecule has 2 rings (SSSR count). The summed E-state index contributed by atoms with van der Waals surface area (Å²) in [7, 11) is 1.57. The second-order valence-electron chi connectivity index (χ2n) is 4.42. The van der Waals surface area contributed by atoms with Gasteiger partial charge in [-0.25, -0.2) is 0 Å². The molecule has 0 amide bonds. The summed E-state index contributed by atoms with van der Waals surface area (Å²) in [6.07, 6.45) is -0.653. The molecule has 6 nitrogen and oxygen atoms in total. The molecule has 1 aromatic carbocycles. The largest absolute Gasteiger partial charge is 0.493 e. The van der Waals surface area contributed by atoms with Gasteiger partial charge in [-0.15, -0.1) is 0 Å². The van der Waals surface area contributed by atoms with Crippen molar-refractivity contribution >= 4 is 11.3 Å². The van der Waals surface area contributed by atoms with Gasteiger partial charge in [-0.1, -0.05) is 23.5 Å². The van der Waals surface area contributed by atoms with E-state index in [4.69, 9.17) is 9.47 Å². The van der Waals surface area contributed by atoms with E-state index in [0.717, 1.165) is 17.0 Å². The number of H-pyrrole nitrogens is 1. The summed E-state index contributed by atoms with van der Waals surface area (Å²) in [4.78, 5) is 13.6. The summed E-state index contributed by atoms with van der Waals surface area (Å²) in [5.41, 5.74) is 0.808. The van der Waals surface area contributed by atoms with Gasteiger partial charge >= 0.3 is 4.87 Å². The highest BCUT2D eigenvalue weighted by molar-refractivity contribution is 7.07. The van der Waals surface area contributed by atoms with Crippen LogP contribution in [0.25, 0.3) is 0 Å². The quantitative estimate of drug-likeness (QED) is 0.677. The molecule has 2 aromatic rings. The highest BCUT2D eigenvalue weighted by Gasteiger charge is 2.08. The first-order valence-electron chi connectivity index (χ1n) is 6.50. The van der Waals surface area contributed by atoms with Crippen molar-refractivity contribution in [3.63, 3.8) is 0 Å². The standard InChI is InChI=1S/C14H18N2O4S/c1-19-12-4-2-3-5-13(12)20-8-11(17)7-15-6-10-9-21-14(18)16-10/h2-5,9,11,15,17H,6-8H2,1H3,(H,16,18). The molecule has 3 N–H and O–H groups in total. The third-order valence-corrected chi connectivity index (χ3v) is 3.49. The maximum atomic E-state index is 11.0. The number of aliphatic hydroxyl groups is 1. The fourth-order valence-electron chi connectivity index (χ4n) is 1.76. The molecule has 0 aliphatic carbocycles. The molecule has 1 unspecified atom stereocenters. The number of thiazole rings is 1. The van der Waals surface area contributed by atoms with Gasteiger partial charge in [-0.05, 0) is 12.1 Å². The van der Waals surface area contributed by atoms with Crippen molar-refractivity contribution in [1.29, 1.82) is 0 Å². The van der Waals surface area contributed by atoms with E-state index in [1.807, 2.05) is 12.1 Å². The summed E-state index contributed by atoms with van der Waals surface area (Å²) in [6.45, 7) is 1.03. The van der Waals surface area contributed by atoms with E-state index in [9.17, 15) is 9.90 Å². The van der Waals surface area contributed by atoms with Crippen LogP contribution >= 0.6 is 11.3 Å². The van der Waals surface area contributed by atoms with Crippen LogP contribution in [0.5, 0.6) is 11.5 Å². The van der Waals surface area contributed by atoms with Gasteiger partial charge in [-0.2, -0.15) is 0 Å². The van der Waals surface area contributed by atoms with Crippen molar-refractivity contribution in [2.24, 2.45) is 0 Å². The summed E-state index contributed by atoms with van der Waals surface area (Å²) >= 11 is 1.12. The van der Waals surface area contributed by atoms with Crippen LogP contribution in [-0.2, 0) is 6.54 Å². The number of para-hydroxylation sites is 2. The lowest BCUT2D eigenvalue weighted by molar-refractivity contribution is 0.104. The van der Waals surface area contributed by atoms with Gasteiger partial charge in [0.05, 0.1) is 7.11 Å². The van der Waals surface area contributed by atoms with Crippen molar-refractivity contribution < 1.29 is 14.6 Å². The van der Waals surface area contributed by atoms with Crippen molar-refractivity contribution in [2.45, 2.75) is 12.6 Å². The predicted octanol–water partition coefficient (Wildman–Crippen LogP) is 0.975. The highest BCUT2D eigenvalue weighted by atomic mass is 32.1. The first-order chi connectivity index (χ1) is 10.2. The number of aliphatic hydroxyl groups excluding tert-OH is 1. The monoisotopic (exact) mass is 310 g/mol. The van der Waals surface area contributed by atoms with Crippen LogP contribution in [0.1, 0.15) is 5.69 Å². The average Bonchev–Trinajstić information content (AvgIpc) is 2.91. The molecule has 1 heterocycles. The average molecular weight is 310 g/mol. The second kappa shape index (κ2) is 7.82. The van der Waals surface area contributed by atoms with Crippen molar-refractivity contribution in [2.75, 3.05) is 20.3 Å². The number of aromatic amines is 1. The van der Waals surface area contributed by atoms with Crippen LogP contribution < -0.4 is 19.7 Å². The number of methoxy groups -OCH3 is 1. The van der Waals surface area contributed by atoms with Gasteiger partial charge in [0.25, 0.3) is 0 Å². The van der Waals surface area contributed by atoms with Crippen LogP contribution in [0.15, 0.2) is 34.4 Å². The molecule has 0 radical (unpaired) electrons. The van der Waals surface area contributed by atoms with E-state index in [1.54, 1.807) is 24.6 Å². The predicted molar refractivity (Wildman–Crippen MR) is 81.1 cm³/mol. The van der Waals surface area contributed by atoms with E-state index in [0.29, 0.717) is 24.6 Å². The van der Waals surface area contributed by atoms with Crippen LogP contribution in [-0.4, -0.2) is 36.5 Å². The van der Waals surface area contributed by atoms with E-state index >= 15 is 0 Å². The molecule has 0 aliphatic rings. The fourth-order valence-corrected chi connectivity index (χ4v) is 2.34. The summed E-state index contributed by atoms with van der Waals surface area (Å²) in [5, 5.41) is 14.7. The molecule has 0 spiro atoms.